The first-order chi connectivity index (χ1) is 10.4. The lowest BCUT2D eigenvalue weighted by molar-refractivity contribution is -0.116. The zero-order valence-corrected chi connectivity index (χ0v) is 17.0. The predicted molar refractivity (Wildman–Crippen MR) is 108 cm³/mol. The molecule has 0 unspecified atom stereocenters. The van der Waals surface area contributed by atoms with Gasteiger partial charge >= 0.3 is 0 Å². The number of nitrogens with one attached hydrogen (secondary N) is 3. The van der Waals surface area contributed by atoms with Gasteiger partial charge in [-0.1, -0.05) is 26.0 Å². The van der Waals surface area contributed by atoms with Crippen molar-refractivity contribution in [2.75, 3.05) is 12.4 Å². The Hall–Kier alpha value is -1.31. The zero-order valence-electron chi connectivity index (χ0n) is 14.6. The van der Waals surface area contributed by atoms with Gasteiger partial charge in [0.15, 0.2) is 5.96 Å². The van der Waals surface area contributed by atoms with Crippen molar-refractivity contribution in [1.82, 2.24) is 10.6 Å². The lowest BCUT2D eigenvalue weighted by atomic mass is 10.1. The van der Waals surface area contributed by atoms with E-state index in [1.54, 1.807) is 7.05 Å². The van der Waals surface area contributed by atoms with Crippen molar-refractivity contribution in [3.05, 3.63) is 29.8 Å². The maximum atomic E-state index is 11.8. The van der Waals surface area contributed by atoms with Crippen LogP contribution in [0.2, 0.25) is 0 Å². The van der Waals surface area contributed by atoms with Gasteiger partial charge in [-0.15, -0.1) is 24.0 Å². The number of halogens is 1. The van der Waals surface area contributed by atoms with Gasteiger partial charge in [-0.05, 0) is 37.5 Å². The largest absolute Gasteiger partial charge is 0.354 e. The maximum Gasteiger partial charge on any atom is 0.224 e. The molecule has 1 amide bonds. The number of guanidine groups is 1. The molecule has 23 heavy (non-hydrogen) atoms. The molecule has 1 aromatic carbocycles. The third-order valence-electron chi connectivity index (χ3n) is 2.91. The summed E-state index contributed by atoms with van der Waals surface area (Å²) in [6.07, 6.45) is 0.535. The summed E-state index contributed by atoms with van der Waals surface area (Å²) in [6, 6.07) is 8.18. The van der Waals surface area contributed by atoms with Gasteiger partial charge in [0.2, 0.25) is 5.91 Å². The Balaban J connectivity index is 0.00000484. The van der Waals surface area contributed by atoms with Crippen molar-refractivity contribution in [3.8, 4) is 0 Å². The SMILES string of the molecule is CN=C(NCc1cccc(NC(=O)CC(C)C)c1)NC(C)C.I. The first-order valence-corrected chi connectivity index (χ1v) is 7.76. The minimum Gasteiger partial charge on any atom is -0.354 e. The molecule has 0 heterocycles. The van der Waals surface area contributed by atoms with E-state index in [0.717, 1.165) is 17.2 Å². The molecular weight excluding hydrogens is 403 g/mol. The number of aliphatic imine (C=N–C) groups is 1. The Morgan fingerprint density at radius 1 is 1.22 bits per heavy atom. The fourth-order valence-electron chi connectivity index (χ4n) is 2.00. The van der Waals surface area contributed by atoms with Crippen LogP contribution in [-0.2, 0) is 11.3 Å². The van der Waals surface area contributed by atoms with Crippen LogP contribution in [0.25, 0.3) is 0 Å². The molecular formula is C17H29IN4O. The van der Waals surface area contributed by atoms with E-state index < -0.39 is 0 Å². The van der Waals surface area contributed by atoms with Gasteiger partial charge in [0, 0.05) is 31.7 Å². The van der Waals surface area contributed by atoms with Crippen molar-refractivity contribution < 1.29 is 4.79 Å². The van der Waals surface area contributed by atoms with E-state index in [9.17, 15) is 4.79 Å². The van der Waals surface area contributed by atoms with Crippen LogP contribution in [-0.4, -0.2) is 25.0 Å². The van der Waals surface area contributed by atoms with Crippen LogP contribution in [0.4, 0.5) is 5.69 Å². The highest BCUT2D eigenvalue weighted by Gasteiger charge is 2.06. The Labute approximate surface area is 156 Å². The second-order valence-electron chi connectivity index (χ2n) is 6.07. The number of rotatable bonds is 6. The van der Waals surface area contributed by atoms with E-state index >= 15 is 0 Å². The van der Waals surface area contributed by atoms with Gasteiger partial charge in [-0.2, -0.15) is 0 Å². The average Bonchev–Trinajstić information content (AvgIpc) is 2.42. The molecule has 0 atom stereocenters. The number of hydrogen-bond donors (Lipinski definition) is 3. The third-order valence-corrected chi connectivity index (χ3v) is 2.91. The summed E-state index contributed by atoms with van der Waals surface area (Å²) in [5, 5.41) is 9.43. The molecule has 0 bridgehead atoms. The van der Waals surface area contributed by atoms with Crippen LogP contribution in [0.1, 0.15) is 39.7 Å². The molecule has 0 aliphatic rings. The monoisotopic (exact) mass is 432 g/mol. The molecule has 0 radical (unpaired) electrons. The lowest BCUT2D eigenvalue weighted by Crippen LogP contribution is -2.40. The summed E-state index contributed by atoms with van der Waals surface area (Å²) >= 11 is 0. The fraction of sp³-hybridized carbons (Fsp3) is 0.529. The van der Waals surface area contributed by atoms with Gasteiger partial charge in [0.1, 0.15) is 0 Å². The van der Waals surface area contributed by atoms with Crippen LogP contribution in [0, 0.1) is 5.92 Å². The average molecular weight is 432 g/mol. The number of benzene rings is 1. The van der Waals surface area contributed by atoms with E-state index in [0.29, 0.717) is 24.9 Å². The maximum absolute atomic E-state index is 11.8. The summed E-state index contributed by atoms with van der Waals surface area (Å²) in [6.45, 7) is 8.86. The summed E-state index contributed by atoms with van der Waals surface area (Å²) in [5.74, 6) is 1.18. The minimum absolute atomic E-state index is 0. The number of carbonyl (C=O) groups is 1. The first-order valence-electron chi connectivity index (χ1n) is 7.76. The molecule has 0 saturated heterocycles. The predicted octanol–water partition coefficient (Wildman–Crippen LogP) is 3.36. The zero-order chi connectivity index (χ0) is 16.5. The van der Waals surface area contributed by atoms with E-state index in [-0.39, 0.29) is 29.9 Å². The van der Waals surface area contributed by atoms with Crippen molar-refractivity contribution in [2.45, 2.75) is 46.7 Å². The van der Waals surface area contributed by atoms with Crippen LogP contribution in [0.5, 0.6) is 0 Å². The summed E-state index contributed by atoms with van der Waals surface area (Å²) < 4.78 is 0. The van der Waals surface area contributed by atoms with E-state index in [2.05, 4.69) is 34.8 Å². The summed E-state index contributed by atoms with van der Waals surface area (Å²) in [5.41, 5.74) is 1.92. The molecule has 0 aliphatic carbocycles. The lowest BCUT2D eigenvalue weighted by Gasteiger charge is -2.15. The molecule has 0 spiro atoms. The Bertz CT molecular complexity index is 515. The molecule has 0 fully saturated rings. The van der Waals surface area contributed by atoms with Gasteiger partial charge < -0.3 is 16.0 Å². The molecule has 5 nitrogen and oxygen atoms in total. The quantitative estimate of drug-likeness (QED) is 0.367. The summed E-state index contributed by atoms with van der Waals surface area (Å²) in [7, 11) is 1.75. The van der Waals surface area contributed by atoms with E-state index in [4.69, 9.17) is 0 Å². The first kappa shape index (κ1) is 21.7. The Morgan fingerprint density at radius 3 is 2.48 bits per heavy atom. The van der Waals surface area contributed by atoms with Gasteiger partial charge in [-0.25, -0.2) is 0 Å². The topological polar surface area (TPSA) is 65.5 Å². The van der Waals surface area contributed by atoms with Crippen LogP contribution < -0.4 is 16.0 Å². The second kappa shape index (κ2) is 11.3. The van der Waals surface area contributed by atoms with Crippen LogP contribution >= 0.6 is 24.0 Å². The molecule has 3 N–H and O–H groups in total. The molecule has 130 valence electrons. The van der Waals surface area contributed by atoms with Crippen molar-refractivity contribution in [3.63, 3.8) is 0 Å². The Morgan fingerprint density at radius 2 is 1.91 bits per heavy atom. The number of nitrogens with zero attached hydrogens (tertiary/aromatic N) is 1. The number of hydrogen-bond acceptors (Lipinski definition) is 2. The molecule has 6 heteroatoms. The fourth-order valence-corrected chi connectivity index (χ4v) is 2.00. The molecule has 1 rings (SSSR count). The molecule has 0 aromatic heterocycles. The number of amides is 1. The highest BCUT2D eigenvalue weighted by molar-refractivity contribution is 14.0. The van der Waals surface area contributed by atoms with Crippen molar-refractivity contribution in [2.24, 2.45) is 10.9 Å². The van der Waals surface area contributed by atoms with Gasteiger partial charge in [0.25, 0.3) is 0 Å². The number of carbonyl (C=O) groups excluding carboxylic acids is 1. The standard InChI is InChI=1S/C17H28N4O.HI/c1-12(2)9-16(22)21-15-8-6-7-14(10-15)11-19-17(18-5)20-13(3)4;/h6-8,10,12-13H,9,11H2,1-5H3,(H,21,22)(H2,18,19,20);1H. The molecule has 0 aliphatic heterocycles. The highest BCUT2D eigenvalue weighted by Crippen LogP contribution is 2.12. The molecule has 1 aromatic rings. The van der Waals surface area contributed by atoms with Crippen LogP contribution in [0.3, 0.4) is 0 Å². The van der Waals surface area contributed by atoms with Gasteiger partial charge in [-0.3, -0.25) is 9.79 Å². The normalized spacial score (nSPS) is 11.2. The molecule has 0 saturated carbocycles. The minimum atomic E-state index is 0. The Kier molecular flexibility index (Phi) is 10.6. The van der Waals surface area contributed by atoms with Crippen molar-refractivity contribution in [1.29, 1.82) is 0 Å². The van der Waals surface area contributed by atoms with Crippen LogP contribution in [0.15, 0.2) is 29.3 Å². The summed E-state index contributed by atoms with van der Waals surface area (Å²) in [4.78, 5) is 16.0. The van der Waals surface area contributed by atoms with E-state index in [1.807, 2.05) is 38.1 Å². The van der Waals surface area contributed by atoms with Crippen molar-refractivity contribution >= 4 is 41.5 Å². The third kappa shape index (κ3) is 9.43. The highest BCUT2D eigenvalue weighted by atomic mass is 127. The smallest absolute Gasteiger partial charge is 0.224 e. The van der Waals surface area contributed by atoms with E-state index in [1.165, 1.54) is 0 Å². The van der Waals surface area contributed by atoms with Gasteiger partial charge in [0.05, 0.1) is 0 Å². The number of anilines is 1. The second-order valence-corrected chi connectivity index (χ2v) is 6.07.